The molecule has 26 heavy (non-hydrogen) atoms. The van der Waals surface area contributed by atoms with E-state index in [9.17, 15) is 9.59 Å². The van der Waals surface area contributed by atoms with Crippen molar-refractivity contribution in [3.05, 3.63) is 52.3 Å². The Labute approximate surface area is 160 Å². The van der Waals surface area contributed by atoms with Crippen LogP contribution in [0.4, 0.5) is 5.95 Å². The summed E-state index contributed by atoms with van der Waals surface area (Å²) in [7, 11) is 0. The quantitative estimate of drug-likeness (QED) is 0.836. The van der Waals surface area contributed by atoms with E-state index in [2.05, 4.69) is 37.3 Å². The summed E-state index contributed by atoms with van der Waals surface area (Å²) in [5.74, 6) is -0.116. The van der Waals surface area contributed by atoms with Gasteiger partial charge in [0.05, 0.1) is 0 Å². The van der Waals surface area contributed by atoms with Gasteiger partial charge in [-0.25, -0.2) is 9.97 Å². The Morgan fingerprint density at radius 2 is 1.96 bits per heavy atom. The molecule has 0 atom stereocenters. The van der Waals surface area contributed by atoms with E-state index >= 15 is 0 Å². The summed E-state index contributed by atoms with van der Waals surface area (Å²) in [6, 6.07) is 7.52. The van der Waals surface area contributed by atoms with Gasteiger partial charge in [-0.15, -0.1) is 0 Å². The summed E-state index contributed by atoms with van der Waals surface area (Å²) >= 11 is 3.53. The molecular weight excluding hydrogens is 396 g/mol. The molecule has 7 heteroatoms. The predicted octanol–water partition coefficient (Wildman–Crippen LogP) is 3.15. The Hall–Kier alpha value is -2.28. The van der Waals surface area contributed by atoms with Crippen molar-refractivity contribution in [1.29, 1.82) is 0 Å². The zero-order chi connectivity index (χ0) is 18.1. The lowest BCUT2D eigenvalue weighted by Crippen LogP contribution is -2.50. The molecular formula is C19H19BrN4O2. The minimum atomic E-state index is -0.279. The Bertz CT molecular complexity index is 850. The van der Waals surface area contributed by atoms with Crippen molar-refractivity contribution in [3.63, 3.8) is 0 Å². The van der Waals surface area contributed by atoms with E-state index < -0.39 is 0 Å². The maximum atomic E-state index is 13.0. The molecule has 0 radical (unpaired) electrons. The molecule has 6 nitrogen and oxygen atoms in total. The zero-order valence-electron chi connectivity index (χ0n) is 14.2. The minimum absolute atomic E-state index is 0.00828. The highest BCUT2D eigenvalue weighted by atomic mass is 79.9. The number of carbonyl (C=O) groups is 2. The molecule has 0 bridgehead atoms. The van der Waals surface area contributed by atoms with E-state index in [1.54, 1.807) is 23.4 Å². The molecule has 1 aromatic heterocycles. The van der Waals surface area contributed by atoms with E-state index in [1.807, 2.05) is 12.1 Å². The monoisotopic (exact) mass is 414 g/mol. The molecule has 1 aromatic carbocycles. The van der Waals surface area contributed by atoms with Gasteiger partial charge in [0.1, 0.15) is 6.54 Å². The normalized spacial score (nSPS) is 18.0. The number of nitrogens with zero attached hydrogens (tertiary/aromatic N) is 3. The fourth-order valence-electron chi connectivity index (χ4n) is 4.14. The molecule has 1 fully saturated rings. The van der Waals surface area contributed by atoms with E-state index in [1.165, 1.54) is 0 Å². The molecule has 1 N–H and O–H groups in total. The fraction of sp³-hybridized carbons (Fsp3) is 0.368. The summed E-state index contributed by atoms with van der Waals surface area (Å²) < 4.78 is 0.989. The Morgan fingerprint density at radius 3 is 2.69 bits per heavy atom. The van der Waals surface area contributed by atoms with E-state index in [-0.39, 0.29) is 29.7 Å². The van der Waals surface area contributed by atoms with Gasteiger partial charge in [0, 0.05) is 34.4 Å². The molecule has 134 valence electrons. The first-order valence-electron chi connectivity index (χ1n) is 8.74. The number of fused-ring (bicyclic) bond motifs is 2. The van der Waals surface area contributed by atoms with Crippen molar-refractivity contribution < 1.29 is 9.59 Å². The second kappa shape index (κ2) is 6.79. The number of aromatic nitrogens is 2. The van der Waals surface area contributed by atoms with Crippen LogP contribution in [0.15, 0.2) is 41.1 Å². The lowest BCUT2D eigenvalue weighted by Gasteiger charge is -2.41. The molecule has 2 heterocycles. The van der Waals surface area contributed by atoms with Crippen molar-refractivity contribution in [1.82, 2.24) is 14.9 Å². The Kier molecular flexibility index (Phi) is 4.48. The van der Waals surface area contributed by atoms with Crippen LogP contribution in [-0.2, 0) is 10.2 Å². The number of benzene rings is 1. The highest BCUT2D eigenvalue weighted by molar-refractivity contribution is 9.10. The number of hydrogen-bond donors (Lipinski definition) is 1. The predicted molar refractivity (Wildman–Crippen MR) is 101 cm³/mol. The SMILES string of the molecule is O=C(CN1CC2(CCCC2)c2cc(Br)ccc2C1=O)Nc1ncccn1. The van der Waals surface area contributed by atoms with Crippen LogP contribution in [0.2, 0.25) is 0 Å². The topological polar surface area (TPSA) is 75.2 Å². The molecule has 1 aliphatic heterocycles. The molecule has 1 saturated carbocycles. The number of hydrogen-bond acceptors (Lipinski definition) is 4. The van der Waals surface area contributed by atoms with Crippen LogP contribution >= 0.6 is 15.9 Å². The third-order valence-electron chi connectivity index (χ3n) is 5.28. The number of rotatable bonds is 3. The number of nitrogens with one attached hydrogen (secondary N) is 1. The van der Waals surface area contributed by atoms with Gasteiger partial charge in [0.15, 0.2) is 0 Å². The molecule has 2 amide bonds. The van der Waals surface area contributed by atoms with Crippen LogP contribution in [-0.4, -0.2) is 39.8 Å². The summed E-state index contributed by atoms with van der Waals surface area (Å²) in [6.07, 6.45) is 7.52. The Morgan fingerprint density at radius 1 is 1.23 bits per heavy atom. The van der Waals surface area contributed by atoms with Gasteiger partial charge in [-0.3, -0.25) is 14.9 Å². The van der Waals surface area contributed by atoms with E-state index in [0.29, 0.717) is 12.1 Å². The standard InChI is InChI=1S/C19H19BrN4O2/c20-13-4-5-14-15(10-13)19(6-1-2-7-19)12-24(17(14)26)11-16(25)23-18-21-8-3-9-22-18/h3-5,8-10H,1-2,6-7,11-12H2,(H,21,22,23,25). The highest BCUT2D eigenvalue weighted by Gasteiger charge is 2.45. The van der Waals surface area contributed by atoms with Gasteiger partial charge in [-0.2, -0.15) is 0 Å². The van der Waals surface area contributed by atoms with Crippen molar-refractivity contribution in [3.8, 4) is 0 Å². The zero-order valence-corrected chi connectivity index (χ0v) is 15.8. The van der Waals surface area contributed by atoms with Crippen LogP contribution in [0.25, 0.3) is 0 Å². The number of halogens is 1. The van der Waals surface area contributed by atoms with Crippen LogP contribution in [0.3, 0.4) is 0 Å². The molecule has 1 spiro atoms. The van der Waals surface area contributed by atoms with Gasteiger partial charge in [0.2, 0.25) is 11.9 Å². The summed E-state index contributed by atoms with van der Waals surface area (Å²) in [4.78, 5) is 35.0. The van der Waals surface area contributed by atoms with Crippen molar-refractivity contribution in [2.45, 2.75) is 31.1 Å². The van der Waals surface area contributed by atoms with Gasteiger partial charge in [-0.1, -0.05) is 28.8 Å². The van der Waals surface area contributed by atoms with Crippen molar-refractivity contribution >= 4 is 33.7 Å². The minimum Gasteiger partial charge on any atom is -0.328 e. The largest absolute Gasteiger partial charge is 0.328 e. The van der Waals surface area contributed by atoms with Crippen LogP contribution in [0.5, 0.6) is 0 Å². The smallest absolute Gasteiger partial charge is 0.254 e. The third-order valence-corrected chi connectivity index (χ3v) is 5.77. The maximum Gasteiger partial charge on any atom is 0.254 e. The number of amides is 2. The summed E-state index contributed by atoms with van der Waals surface area (Å²) in [5.41, 5.74) is 1.79. The molecule has 0 saturated heterocycles. The van der Waals surface area contributed by atoms with Gasteiger partial charge < -0.3 is 4.90 Å². The summed E-state index contributed by atoms with van der Waals surface area (Å²) in [5, 5.41) is 2.66. The second-order valence-electron chi connectivity index (χ2n) is 6.96. The lowest BCUT2D eigenvalue weighted by molar-refractivity contribution is -0.117. The second-order valence-corrected chi connectivity index (χ2v) is 7.87. The van der Waals surface area contributed by atoms with E-state index in [4.69, 9.17) is 0 Å². The van der Waals surface area contributed by atoms with E-state index in [0.717, 1.165) is 35.7 Å². The summed E-state index contributed by atoms with van der Waals surface area (Å²) in [6.45, 7) is 0.590. The first-order chi connectivity index (χ1) is 12.6. The first-order valence-corrected chi connectivity index (χ1v) is 9.53. The van der Waals surface area contributed by atoms with Gasteiger partial charge in [0.25, 0.3) is 5.91 Å². The van der Waals surface area contributed by atoms with Crippen LogP contribution < -0.4 is 5.32 Å². The molecule has 2 aromatic rings. The number of anilines is 1. The van der Waals surface area contributed by atoms with Gasteiger partial charge >= 0.3 is 0 Å². The molecule has 4 rings (SSSR count). The van der Waals surface area contributed by atoms with Crippen molar-refractivity contribution in [2.24, 2.45) is 0 Å². The van der Waals surface area contributed by atoms with Crippen molar-refractivity contribution in [2.75, 3.05) is 18.4 Å². The highest BCUT2D eigenvalue weighted by Crippen LogP contribution is 2.46. The maximum absolute atomic E-state index is 13.0. The number of carbonyl (C=O) groups excluding carboxylic acids is 2. The fourth-order valence-corrected chi connectivity index (χ4v) is 4.50. The average Bonchev–Trinajstić information content (AvgIpc) is 3.10. The first kappa shape index (κ1) is 17.1. The molecule has 0 unspecified atom stereocenters. The van der Waals surface area contributed by atoms with Crippen LogP contribution in [0.1, 0.15) is 41.6 Å². The van der Waals surface area contributed by atoms with Crippen LogP contribution in [0, 0.1) is 0 Å². The Balaban J connectivity index is 1.59. The molecule has 2 aliphatic rings. The lowest BCUT2D eigenvalue weighted by atomic mass is 9.73. The third kappa shape index (κ3) is 3.11. The average molecular weight is 415 g/mol. The molecule has 1 aliphatic carbocycles. The van der Waals surface area contributed by atoms with Gasteiger partial charge in [-0.05, 0) is 42.7 Å².